The van der Waals surface area contributed by atoms with Crippen LogP contribution in [0.3, 0.4) is 0 Å². The second kappa shape index (κ2) is 7.22. The SMILES string of the molecule is C/C=C/CC(NC(=O)c1sc2nc(C(F)(F)F)ccc2c1C)C(=O)O. The van der Waals surface area contributed by atoms with E-state index in [9.17, 15) is 22.8 Å². The number of aliphatic carboxylic acids is 1. The third kappa shape index (κ3) is 4.16. The summed E-state index contributed by atoms with van der Waals surface area (Å²) in [6.07, 6.45) is -1.20. The van der Waals surface area contributed by atoms with Crippen LogP contribution in [0.2, 0.25) is 0 Å². The van der Waals surface area contributed by atoms with Crippen LogP contribution in [-0.2, 0) is 11.0 Å². The van der Waals surface area contributed by atoms with E-state index in [2.05, 4.69) is 10.3 Å². The van der Waals surface area contributed by atoms with E-state index in [4.69, 9.17) is 5.11 Å². The van der Waals surface area contributed by atoms with E-state index < -0.39 is 29.8 Å². The highest BCUT2D eigenvalue weighted by Crippen LogP contribution is 2.34. The summed E-state index contributed by atoms with van der Waals surface area (Å²) in [6, 6.07) is 1.00. The van der Waals surface area contributed by atoms with Gasteiger partial charge in [0.05, 0.1) is 4.88 Å². The number of hydrogen-bond donors (Lipinski definition) is 2. The van der Waals surface area contributed by atoms with Crippen molar-refractivity contribution in [2.75, 3.05) is 0 Å². The first-order valence-electron chi connectivity index (χ1n) is 7.27. The van der Waals surface area contributed by atoms with Crippen LogP contribution >= 0.6 is 11.3 Å². The van der Waals surface area contributed by atoms with Crippen molar-refractivity contribution in [3.8, 4) is 0 Å². The third-order valence-electron chi connectivity index (χ3n) is 3.51. The molecule has 0 spiro atoms. The van der Waals surface area contributed by atoms with Crippen molar-refractivity contribution in [3.63, 3.8) is 0 Å². The molecule has 1 unspecified atom stereocenters. The van der Waals surface area contributed by atoms with Crippen molar-refractivity contribution >= 4 is 33.4 Å². The number of rotatable bonds is 5. The zero-order valence-electron chi connectivity index (χ0n) is 13.3. The van der Waals surface area contributed by atoms with Gasteiger partial charge in [0.1, 0.15) is 16.6 Å². The minimum Gasteiger partial charge on any atom is -0.480 e. The second-order valence-electron chi connectivity index (χ2n) is 5.27. The molecular weight excluding hydrogens is 357 g/mol. The van der Waals surface area contributed by atoms with E-state index in [-0.39, 0.29) is 16.1 Å². The Labute approximate surface area is 145 Å². The fraction of sp³-hybridized carbons (Fsp3) is 0.312. The number of carboxylic acids is 1. The number of halogens is 3. The average molecular weight is 372 g/mol. The number of aromatic nitrogens is 1. The number of nitrogens with zero attached hydrogens (tertiary/aromatic N) is 1. The van der Waals surface area contributed by atoms with Crippen molar-refractivity contribution in [3.05, 3.63) is 40.4 Å². The van der Waals surface area contributed by atoms with Gasteiger partial charge in [-0.1, -0.05) is 12.2 Å². The van der Waals surface area contributed by atoms with E-state index in [1.54, 1.807) is 26.0 Å². The summed E-state index contributed by atoms with van der Waals surface area (Å²) >= 11 is 0.806. The average Bonchev–Trinajstić information content (AvgIpc) is 2.86. The maximum atomic E-state index is 12.8. The predicted molar refractivity (Wildman–Crippen MR) is 87.7 cm³/mol. The van der Waals surface area contributed by atoms with Crippen LogP contribution in [0.1, 0.15) is 34.3 Å². The highest BCUT2D eigenvalue weighted by Gasteiger charge is 2.33. The Morgan fingerprint density at radius 2 is 2.08 bits per heavy atom. The molecule has 1 amide bonds. The minimum atomic E-state index is -4.57. The molecule has 2 heterocycles. The third-order valence-corrected chi connectivity index (χ3v) is 4.71. The standard InChI is InChI=1S/C16H15F3N2O3S/c1-3-4-5-10(15(23)24)20-13(22)12-8(2)9-6-7-11(16(17,18)19)21-14(9)25-12/h3-4,6-7,10H,5H2,1-2H3,(H,20,22)(H,23,24)/b4-3+. The van der Waals surface area contributed by atoms with Crippen LogP contribution in [0.15, 0.2) is 24.3 Å². The molecule has 2 rings (SSSR count). The van der Waals surface area contributed by atoms with Crippen molar-refractivity contribution in [1.82, 2.24) is 10.3 Å². The minimum absolute atomic E-state index is 0.0813. The lowest BCUT2D eigenvalue weighted by Gasteiger charge is -2.12. The number of aryl methyl sites for hydroxylation is 1. The molecule has 25 heavy (non-hydrogen) atoms. The number of nitrogens with one attached hydrogen (secondary N) is 1. The van der Waals surface area contributed by atoms with Crippen molar-refractivity contribution < 1.29 is 27.9 Å². The number of fused-ring (bicyclic) bond motifs is 1. The molecule has 9 heteroatoms. The Kier molecular flexibility index (Phi) is 5.46. The van der Waals surface area contributed by atoms with Gasteiger partial charge < -0.3 is 10.4 Å². The van der Waals surface area contributed by atoms with Gasteiger partial charge in [0.15, 0.2) is 0 Å². The summed E-state index contributed by atoms with van der Waals surface area (Å²) in [5.41, 5.74) is -0.571. The van der Waals surface area contributed by atoms with Crippen LogP contribution < -0.4 is 5.32 Å². The Morgan fingerprint density at radius 1 is 1.40 bits per heavy atom. The van der Waals surface area contributed by atoms with Crippen molar-refractivity contribution in [1.29, 1.82) is 0 Å². The molecule has 134 valence electrons. The highest BCUT2D eigenvalue weighted by atomic mass is 32.1. The van der Waals surface area contributed by atoms with E-state index in [1.807, 2.05) is 0 Å². The van der Waals surface area contributed by atoms with Crippen LogP contribution in [0, 0.1) is 6.92 Å². The van der Waals surface area contributed by atoms with Crippen LogP contribution in [0.5, 0.6) is 0 Å². The van der Waals surface area contributed by atoms with Gasteiger partial charge >= 0.3 is 12.1 Å². The lowest BCUT2D eigenvalue weighted by molar-refractivity contribution is -0.141. The van der Waals surface area contributed by atoms with Crippen molar-refractivity contribution in [2.24, 2.45) is 0 Å². The van der Waals surface area contributed by atoms with Gasteiger partial charge in [0.2, 0.25) is 0 Å². The topological polar surface area (TPSA) is 79.3 Å². The molecule has 0 saturated heterocycles. The Balaban J connectivity index is 2.35. The normalized spacial score (nSPS) is 13.3. The van der Waals surface area contributed by atoms with Gasteiger partial charge in [-0.25, -0.2) is 9.78 Å². The van der Waals surface area contributed by atoms with Crippen LogP contribution in [0.25, 0.3) is 10.2 Å². The van der Waals surface area contributed by atoms with E-state index in [0.29, 0.717) is 10.9 Å². The highest BCUT2D eigenvalue weighted by molar-refractivity contribution is 7.20. The monoisotopic (exact) mass is 372 g/mol. The zero-order chi connectivity index (χ0) is 18.8. The van der Waals surface area contributed by atoms with Crippen molar-refractivity contribution in [2.45, 2.75) is 32.5 Å². The lowest BCUT2D eigenvalue weighted by atomic mass is 10.1. The van der Waals surface area contributed by atoms with E-state index in [1.165, 1.54) is 6.07 Å². The molecule has 2 aromatic rings. The molecule has 0 aromatic carbocycles. The predicted octanol–water partition coefficient (Wildman–Crippen LogP) is 3.77. The van der Waals surface area contributed by atoms with Gasteiger partial charge in [-0.3, -0.25) is 4.79 Å². The smallest absolute Gasteiger partial charge is 0.433 e. The quantitative estimate of drug-likeness (QED) is 0.783. The molecule has 2 N–H and O–H groups in total. The first-order valence-corrected chi connectivity index (χ1v) is 8.09. The zero-order valence-corrected chi connectivity index (χ0v) is 14.2. The van der Waals surface area contributed by atoms with Crippen LogP contribution in [0.4, 0.5) is 13.2 Å². The number of thiophene rings is 1. The Hall–Kier alpha value is -2.42. The molecule has 0 saturated carbocycles. The fourth-order valence-electron chi connectivity index (χ4n) is 2.19. The number of hydrogen-bond acceptors (Lipinski definition) is 4. The molecule has 0 aliphatic heterocycles. The summed E-state index contributed by atoms with van der Waals surface area (Å²) in [4.78, 5) is 27.3. The van der Waals surface area contributed by atoms with Gasteiger partial charge in [-0.05, 0) is 38.0 Å². The summed E-state index contributed by atoms with van der Waals surface area (Å²) in [6.45, 7) is 3.31. The number of amides is 1. The lowest BCUT2D eigenvalue weighted by Crippen LogP contribution is -2.40. The molecular formula is C16H15F3N2O3S. The fourth-order valence-corrected chi connectivity index (χ4v) is 3.27. The largest absolute Gasteiger partial charge is 0.480 e. The number of carboxylic acid groups (broad SMARTS) is 1. The summed E-state index contributed by atoms with van der Waals surface area (Å²) in [5, 5.41) is 12.0. The maximum Gasteiger partial charge on any atom is 0.433 e. The summed E-state index contributed by atoms with van der Waals surface area (Å²) in [5.74, 6) is -1.84. The number of carbonyl (C=O) groups excluding carboxylic acids is 1. The summed E-state index contributed by atoms with van der Waals surface area (Å²) in [7, 11) is 0. The number of alkyl halides is 3. The van der Waals surface area contributed by atoms with Gasteiger partial charge in [0.25, 0.3) is 5.91 Å². The molecule has 2 aromatic heterocycles. The number of pyridine rings is 1. The van der Waals surface area contributed by atoms with Gasteiger partial charge in [0, 0.05) is 5.39 Å². The Morgan fingerprint density at radius 3 is 2.64 bits per heavy atom. The second-order valence-corrected chi connectivity index (χ2v) is 6.27. The first kappa shape index (κ1) is 18.9. The molecule has 0 aliphatic carbocycles. The first-order chi connectivity index (χ1) is 11.6. The molecule has 0 fully saturated rings. The molecule has 0 bridgehead atoms. The molecule has 0 aliphatic rings. The maximum absolute atomic E-state index is 12.8. The van der Waals surface area contributed by atoms with E-state index >= 15 is 0 Å². The Bertz CT molecular complexity index is 843. The van der Waals surface area contributed by atoms with Crippen LogP contribution in [-0.4, -0.2) is 28.0 Å². The van der Waals surface area contributed by atoms with Gasteiger partial charge in [-0.2, -0.15) is 13.2 Å². The molecule has 5 nitrogen and oxygen atoms in total. The molecule has 1 atom stereocenters. The number of allylic oxidation sites excluding steroid dienone is 1. The van der Waals surface area contributed by atoms with Gasteiger partial charge in [-0.15, -0.1) is 11.3 Å². The summed E-state index contributed by atoms with van der Waals surface area (Å²) < 4.78 is 38.3. The molecule has 0 radical (unpaired) electrons. The number of carbonyl (C=O) groups is 2. The van der Waals surface area contributed by atoms with E-state index in [0.717, 1.165) is 17.4 Å².